The molecule has 106 valence electrons. The van der Waals surface area contributed by atoms with E-state index < -0.39 is 0 Å². The van der Waals surface area contributed by atoms with Gasteiger partial charge in [-0.05, 0) is 31.2 Å². The van der Waals surface area contributed by atoms with E-state index in [9.17, 15) is 4.79 Å². The number of halogens is 2. The Balaban J connectivity index is 2.35. The van der Waals surface area contributed by atoms with E-state index >= 15 is 0 Å². The van der Waals surface area contributed by atoms with Crippen molar-refractivity contribution in [3.05, 3.63) is 45.6 Å². The predicted octanol–water partition coefficient (Wildman–Crippen LogP) is 3.28. The Hall–Kier alpha value is -1.49. The van der Waals surface area contributed by atoms with E-state index in [1.165, 1.54) is 0 Å². The third kappa shape index (κ3) is 3.15. The van der Waals surface area contributed by atoms with E-state index in [1.807, 2.05) is 0 Å². The number of nitrogens with one attached hydrogen (secondary N) is 1. The van der Waals surface area contributed by atoms with E-state index in [1.54, 1.807) is 31.2 Å². The fraction of sp³-hybridized carbons (Fsp3) is 0.214. The van der Waals surface area contributed by atoms with Crippen molar-refractivity contribution >= 4 is 29.1 Å². The summed E-state index contributed by atoms with van der Waals surface area (Å²) in [5, 5.41) is 12.3. The van der Waals surface area contributed by atoms with Gasteiger partial charge in [-0.1, -0.05) is 23.2 Å². The molecule has 2 N–H and O–H groups in total. The van der Waals surface area contributed by atoms with Gasteiger partial charge in [-0.15, -0.1) is 0 Å². The zero-order valence-corrected chi connectivity index (χ0v) is 12.3. The SMILES string of the molecule is Cc1oc(-c2cc(Cl)ccc2Cl)cc1C(=O)NCCO. The topological polar surface area (TPSA) is 62.5 Å². The lowest BCUT2D eigenvalue weighted by Gasteiger charge is -2.00. The Bertz CT molecular complexity index is 637. The van der Waals surface area contributed by atoms with Crippen LogP contribution in [0.3, 0.4) is 0 Å². The fourth-order valence-electron chi connectivity index (χ4n) is 1.79. The molecule has 0 aliphatic heterocycles. The molecule has 0 bridgehead atoms. The minimum absolute atomic E-state index is 0.115. The second kappa shape index (κ2) is 6.31. The van der Waals surface area contributed by atoms with Crippen LogP contribution in [0, 0.1) is 6.92 Å². The fourth-order valence-corrected chi connectivity index (χ4v) is 2.17. The molecule has 2 rings (SSSR count). The van der Waals surface area contributed by atoms with Crippen molar-refractivity contribution in [2.75, 3.05) is 13.2 Å². The molecule has 4 nitrogen and oxygen atoms in total. The molecule has 0 saturated carbocycles. The molecule has 0 atom stereocenters. The number of aryl methyl sites for hydroxylation is 1. The Morgan fingerprint density at radius 3 is 2.80 bits per heavy atom. The lowest BCUT2D eigenvalue weighted by Crippen LogP contribution is -2.26. The van der Waals surface area contributed by atoms with Crippen LogP contribution >= 0.6 is 23.2 Å². The average molecular weight is 314 g/mol. The van der Waals surface area contributed by atoms with E-state index in [0.717, 1.165) is 0 Å². The first-order valence-corrected chi connectivity index (χ1v) is 6.73. The summed E-state index contributed by atoms with van der Waals surface area (Å²) < 4.78 is 5.57. The van der Waals surface area contributed by atoms with Crippen LogP contribution in [0.2, 0.25) is 10.0 Å². The number of amides is 1. The van der Waals surface area contributed by atoms with Crippen LogP contribution in [0.1, 0.15) is 16.1 Å². The molecule has 0 radical (unpaired) electrons. The summed E-state index contributed by atoms with van der Waals surface area (Å²) in [7, 11) is 0. The van der Waals surface area contributed by atoms with Gasteiger partial charge < -0.3 is 14.8 Å². The highest BCUT2D eigenvalue weighted by atomic mass is 35.5. The second-order valence-electron chi connectivity index (χ2n) is 4.18. The van der Waals surface area contributed by atoms with Crippen LogP contribution in [-0.4, -0.2) is 24.2 Å². The quantitative estimate of drug-likeness (QED) is 0.910. The van der Waals surface area contributed by atoms with Gasteiger partial charge in [-0.3, -0.25) is 4.79 Å². The predicted molar refractivity (Wildman–Crippen MR) is 78.3 cm³/mol. The molecule has 0 aliphatic rings. The van der Waals surface area contributed by atoms with Gasteiger partial charge in [-0.2, -0.15) is 0 Å². The molecule has 0 spiro atoms. The third-order valence-electron chi connectivity index (χ3n) is 2.75. The summed E-state index contributed by atoms with van der Waals surface area (Å²) in [6, 6.07) is 6.64. The summed E-state index contributed by atoms with van der Waals surface area (Å²) in [6.45, 7) is 1.77. The number of aliphatic hydroxyl groups is 1. The van der Waals surface area contributed by atoms with Crippen molar-refractivity contribution in [1.29, 1.82) is 0 Å². The van der Waals surface area contributed by atoms with E-state index in [-0.39, 0.29) is 19.1 Å². The summed E-state index contributed by atoms with van der Waals surface area (Å²) in [4.78, 5) is 11.9. The maximum Gasteiger partial charge on any atom is 0.254 e. The first kappa shape index (κ1) is 14.9. The van der Waals surface area contributed by atoms with E-state index in [2.05, 4.69) is 5.32 Å². The molecule has 0 fully saturated rings. The molecule has 1 aromatic carbocycles. The molecule has 2 aromatic rings. The van der Waals surface area contributed by atoms with Crippen molar-refractivity contribution in [3.8, 4) is 11.3 Å². The van der Waals surface area contributed by atoms with Gasteiger partial charge in [0.15, 0.2) is 0 Å². The van der Waals surface area contributed by atoms with Crippen LogP contribution in [0.4, 0.5) is 0 Å². The number of hydrogen-bond acceptors (Lipinski definition) is 3. The third-order valence-corrected chi connectivity index (χ3v) is 3.32. The standard InChI is InChI=1S/C14H13Cl2NO3/c1-8-10(14(19)17-4-5-18)7-13(20-8)11-6-9(15)2-3-12(11)16/h2-3,6-7,18H,4-5H2,1H3,(H,17,19). The molecule has 0 unspecified atom stereocenters. The lowest BCUT2D eigenvalue weighted by molar-refractivity contribution is 0.0943. The molecular formula is C14H13Cl2NO3. The smallest absolute Gasteiger partial charge is 0.254 e. The highest BCUT2D eigenvalue weighted by Gasteiger charge is 2.17. The van der Waals surface area contributed by atoms with Gasteiger partial charge in [0, 0.05) is 17.1 Å². The van der Waals surface area contributed by atoms with Crippen molar-refractivity contribution < 1.29 is 14.3 Å². The van der Waals surface area contributed by atoms with Crippen LogP contribution in [0.25, 0.3) is 11.3 Å². The molecule has 0 aliphatic carbocycles. The largest absolute Gasteiger partial charge is 0.460 e. The Morgan fingerprint density at radius 2 is 2.10 bits per heavy atom. The number of carbonyl (C=O) groups excluding carboxylic acids is 1. The van der Waals surface area contributed by atoms with Crippen molar-refractivity contribution in [1.82, 2.24) is 5.32 Å². The summed E-state index contributed by atoms with van der Waals surface area (Å²) >= 11 is 12.0. The first-order chi connectivity index (χ1) is 9.52. The van der Waals surface area contributed by atoms with Gasteiger partial charge in [-0.25, -0.2) is 0 Å². The average Bonchev–Trinajstić information content (AvgIpc) is 2.80. The zero-order valence-electron chi connectivity index (χ0n) is 10.7. The van der Waals surface area contributed by atoms with Crippen molar-refractivity contribution in [3.63, 3.8) is 0 Å². The van der Waals surface area contributed by atoms with Crippen molar-refractivity contribution in [2.45, 2.75) is 6.92 Å². The normalized spacial score (nSPS) is 10.6. The van der Waals surface area contributed by atoms with Gasteiger partial charge >= 0.3 is 0 Å². The first-order valence-electron chi connectivity index (χ1n) is 5.98. The molecule has 20 heavy (non-hydrogen) atoms. The summed E-state index contributed by atoms with van der Waals surface area (Å²) in [6.07, 6.45) is 0. The minimum atomic E-state index is -0.301. The van der Waals surface area contributed by atoms with Gasteiger partial charge in [0.05, 0.1) is 17.2 Å². The Morgan fingerprint density at radius 1 is 1.35 bits per heavy atom. The molecule has 1 heterocycles. The lowest BCUT2D eigenvalue weighted by atomic mass is 10.1. The molecule has 0 saturated heterocycles. The maximum absolute atomic E-state index is 11.9. The number of carbonyl (C=O) groups is 1. The number of rotatable bonds is 4. The number of benzene rings is 1. The zero-order chi connectivity index (χ0) is 14.7. The van der Waals surface area contributed by atoms with Crippen LogP contribution < -0.4 is 5.32 Å². The van der Waals surface area contributed by atoms with Gasteiger partial charge in [0.2, 0.25) is 0 Å². The highest BCUT2D eigenvalue weighted by molar-refractivity contribution is 6.35. The second-order valence-corrected chi connectivity index (χ2v) is 5.03. The molecule has 1 amide bonds. The van der Waals surface area contributed by atoms with Crippen LogP contribution in [0.5, 0.6) is 0 Å². The summed E-state index contributed by atoms with van der Waals surface area (Å²) in [5.74, 6) is 0.653. The van der Waals surface area contributed by atoms with Crippen molar-refractivity contribution in [2.24, 2.45) is 0 Å². The molecule has 1 aromatic heterocycles. The Kier molecular flexibility index (Phi) is 4.70. The molecular weight excluding hydrogens is 301 g/mol. The maximum atomic E-state index is 11.9. The van der Waals surface area contributed by atoms with E-state index in [0.29, 0.717) is 32.7 Å². The molecule has 6 heteroatoms. The van der Waals surface area contributed by atoms with Gasteiger partial charge in [0.25, 0.3) is 5.91 Å². The van der Waals surface area contributed by atoms with Gasteiger partial charge in [0.1, 0.15) is 11.5 Å². The van der Waals surface area contributed by atoms with Crippen LogP contribution in [0.15, 0.2) is 28.7 Å². The number of hydrogen-bond donors (Lipinski definition) is 2. The summed E-state index contributed by atoms with van der Waals surface area (Å²) in [5.41, 5.74) is 1.04. The Labute approximate surface area is 126 Å². The monoisotopic (exact) mass is 313 g/mol. The van der Waals surface area contributed by atoms with E-state index in [4.69, 9.17) is 32.7 Å². The highest BCUT2D eigenvalue weighted by Crippen LogP contribution is 2.33. The van der Waals surface area contributed by atoms with Crippen LogP contribution in [-0.2, 0) is 0 Å². The number of furan rings is 1. The number of aliphatic hydroxyl groups excluding tert-OH is 1. The minimum Gasteiger partial charge on any atom is -0.460 e.